The molecule has 0 amide bonds. The Morgan fingerprint density at radius 2 is 2.21 bits per heavy atom. The second kappa shape index (κ2) is 3.59. The molecule has 4 N–H and O–H groups in total. The molecule has 1 saturated carbocycles. The van der Waals surface area contributed by atoms with Gasteiger partial charge in [-0.3, -0.25) is 0 Å². The zero-order chi connectivity index (χ0) is 10.1. The van der Waals surface area contributed by atoms with Crippen molar-refractivity contribution in [2.24, 2.45) is 0 Å². The van der Waals surface area contributed by atoms with Crippen LogP contribution in [0.2, 0.25) is 5.02 Å². The average Bonchev–Trinajstić information content (AvgIpc) is 2.10. The van der Waals surface area contributed by atoms with E-state index in [1.165, 1.54) is 6.33 Å². The molecule has 1 aromatic heterocycles. The lowest BCUT2D eigenvalue weighted by molar-refractivity contribution is 0.0835. The van der Waals surface area contributed by atoms with E-state index in [4.69, 9.17) is 22.4 Å². The van der Waals surface area contributed by atoms with Gasteiger partial charge in [0.05, 0.1) is 6.10 Å². The van der Waals surface area contributed by atoms with Crippen LogP contribution < -0.4 is 11.1 Å². The monoisotopic (exact) mass is 214 g/mol. The van der Waals surface area contributed by atoms with Crippen LogP contribution in [0, 0.1) is 0 Å². The number of nitrogens with two attached hydrogens (primary N) is 1. The van der Waals surface area contributed by atoms with Crippen molar-refractivity contribution in [1.82, 2.24) is 9.97 Å². The number of aliphatic hydroxyl groups excluding tert-OH is 1. The minimum atomic E-state index is -0.203. The number of rotatable bonds is 2. The van der Waals surface area contributed by atoms with E-state index in [1.807, 2.05) is 0 Å². The number of hydrogen-bond acceptors (Lipinski definition) is 5. The normalized spacial score (nSPS) is 25.6. The van der Waals surface area contributed by atoms with Crippen LogP contribution in [0.25, 0.3) is 0 Å². The quantitative estimate of drug-likeness (QED) is 0.673. The van der Waals surface area contributed by atoms with Gasteiger partial charge in [-0.15, -0.1) is 0 Å². The van der Waals surface area contributed by atoms with Crippen LogP contribution in [0.3, 0.4) is 0 Å². The van der Waals surface area contributed by atoms with Crippen molar-refractivity contribution in [2.75, 3.05) is 11.1 Å². The topological polar surface area (TPSA) is 84.1 Å². The Hall–Kier alpha value is -1.07. The van der Waals surface area contributed by atoms with E-state index >= 15 is 0 Å². The molecule has 0 aliphatic heterocycles. The predicted octanol–water partition coefficient (Wildman–Crippen LogP) is 0.647. The predicted molar refractivity (Wildman–Crippen MR) is 54.1 cm³/mol. The van der Waals surface area contributed by atoms with Crippen molar-refractivity contribution in [1.29, 1.82) is 0 Å². The molecular weight excluding hydrogens is 204 g/mol. The van der Waals surface area contributed by atoms with Gasteiger partial charge in [0.2, 0.25) is 0 Å². The minimum absolute atomic E-state index is 0.203. The molecule has 1 aromatic rings. The molecule has 0 bridgehead atoms. The van der Waals surface area contributed by atoms with Gasteiger partial charge in [-0.05, 0) is 12.8 Å². The molecule has 5 nitrogen and oxygen atoms in total. The second-order valence-electron chi connectivity index (χ2n) is 3.39. The van der Waals surface area contributed by atoms with Gasteiger partial charge in [0, 0.05) is 6.04 Å². The van der Waals surface area contributed by atoms with Gasteiger partial charge in [-0.25, -0.2) is 9.97 Å². The molecule has 14 heavy (non-hydrogen) atoms. The average molecular weight is 215 g/mol. The lowest BCUT2D eigenvalue weighted by atomic mass is 9.89. The number of anilines is 2. The third-order valence-electron chi connectivity index (χ3n) is 2.27. The van der Waals surface area contributed by atoms with Gasteiger partial charge in [0.1, 0.15) is 17.2 Å². The Bertz CT molecular complexity index is 340. The fourth-order valence-corrected chi connectivity index (χ4v) is 1.54. The zero-order valence-corrected chi connectivity index (χ0v) is 8.20. The first-order chi connectivity index (χ1) is 6.66. The van der Waals surface area contributed by atoms with Crippen LogP contribution in [0.1, 0.15) is 12.8 Å². The molecule has 0 saturated heterocycles. The first-order valence-electron chi connectivity index (χ1n) is 4.37. The molecule has 0 aromatic carbocycles. The van der Waals surface area contributed by atoms with Gasteiger partial charge in [0.25, 0.3) is 0 Å². The molecule has 0 spiro atoms. The lowest BCUT2D eigenvalue weighted by Crippen LogP contribution is -2.39. The Kier molecular flexibility index (Phi) is 2.43. The standard InChI is InChI=1S/C8H11ClN4O/c9-6-7(10)11-3-12-8(6)13-4-1-5(14)2-4/h3-5,14H,1-2H2,(H3,10,11,12,13). The van der Waals surface area contributed by atoms with Crippen molar-refractivity contribution >= 4 is 23.2 Å². The summed E-state index contributed by atoms with van der Waals surface area (Å²) in [6, 6.07) is 0.233. The van der Waals surface area contributed by atoms with Gasteiger partial charge >= 0.3 is 0 Å². The van der Waals surface area contributed by atoms with Crippen LogP contribution >= 0.6 is 11.6 Å². The molecule has 76 valence electrons. The first kappa shape index (κ1) is 9.48. The van der Waals surface area contributed by atoms with Crippen LogP contribution in [-0.2, 0) is 0 Å². The summed E-state index contributed by atoms with van der Waals surface area (Å²) in [5, 5.41) is 12.5. The lowest BCUT2D eigenvalue weighted by Gasteiger charge is -2.32. The number of hydrogen-bond donors (Lipinski definition) is 3. The summed E-state index contributed by atoms with van der Waals surface area (Å²) >= 11 is 5.88. The molecule has 1 aliphatic carbocycles. The SMILES string of the molecule is Nc1ncnc(NC2CC(O)C2)c1Cl. The van der Waals surface area contributed by atoms with Crippen molar-refractivity contribution in [3.8, 4) is 0 Å². The highest BCUT2D eigenvalue weighted by Crippen LogP contribution is 2.28. The molecule has 0 radical (unpaired) electrons. The minimum Gasteiger partial charge on any atom is -0.393 e. The summed E-state index contributed by atoms with van der Waals surface area (Å²) in [6.07, 6.45) is 2.60. The molecule has 1 aliphatic rings. The van der Waals surface area contributed by atoms with E-state index in [0.29, 0.717) is 10.8 Å². The molecule has 2 rings (SSSR count). The highest BCUT2D eigenvalue weighted by molar-refractivity contribution is 6.35. The fraction of sp³-hybridized carbons (Fsp3) is 0.500. The van der Waals surface area contributed by atoms with Gasteiger partial charge < -0.3 is 16.2 Å². The van der Waals surface area contributed by atoms with E-state index in [2.05, 4.69) is 15.3 Å². The maximum Gasteiger partial charge on any atom is 0.150 e. The molecule has 6 heteroatoms. The van der Waals surface area contributed by atoms with Crippen molar-refractivity contribution in [2.45, 2.75) is 25.0 Å². The van der Waals surface area contributed by atoms with Gasteiger partial charge in [-0.1, -0.05) is 11.6 Å². The summed E-state index contributed by atoms with van der Waals surface area (Å²) in [6.45, 7) is 0. The van der Waals surface area contributed by atoms with E-state index in [0.717, 1.165) is 12.8 Å². The molecular formula is C8H11ClN4O. The number of aliphatic hydroxyl groups is 1. The Morgan fingerprint density at radius 1 is 1.50 bits per heavy atom. The van der Waals surface area contributed by atoms with E-state index in [1.54, 1.807) is 0 Å². The van der Waals surface area contributed by atoms with Crippen molar-refractivity contribution < 1.29 is 5.11 Å². The number of nitrogens with zero attached hydrogens (tertiary/aromatic N) is 2. The summed E-state index contributed by atoms with van der Waals surface area (Å²) in [5.41, 5.74) is 5.51. The second-order valence-corrected chi connectivity index (χ2v) is 3.77. The van der Waals surface area contributed by atoms with Crippen LogP contribution in [-0.4, -0.2) is 27.2 Å². The van der Waals surface area contributed by atoms with Crippen molar-refractivity contribution in [3.63, 3.8) is 0 Å². The Balaban J connectivity index is 2.06. The largest absolute Gasteiger partial charge is 0.393 e. The summed E-state index contributed by atoms with van der Waals surface area (Å²) < 4.78 is 0. The van der Waals surface area contributed by atoms with E-state index in [-0.39, 0.29) is 18.0 Å². The first-order valence-corrected chi connectivity index (χ1v) is 4.75. The number of halogens is 1. The Morgan fingerprint density at radius 3 is 2.86 bits per heavy atom. The fourth-order valence-electron chi connectivity index (χ4n) is 1.38. The highest BCUT2D eigenvalue weighted by Gasteiger charge is 2.27. The zero-order valence-electron chi connectivity index (χ0n) is 7.44. The summed E-state index contributed by atoms with van der Waals surface area (Å²) in [4.78, 5) is 7.72. The van der Waals surface area contributed by atoms with Gasteiger partial charge in [-0.2, -0.15) is 0 Å². The van der Waals surface area contributed by atoms with E-state index in [9.17, 15) is 0 Å². The van der Waals surface area contributed by atoms with Crippen LogP contribution in [0.15, 0.2) is 6.33 Å². The third-order valence-corrected chi connectivity index (χ3v) is 2.64. The van der Waals surface area contributed by atoms with Gasteiger partial charge in [0.15, 0.2) is 5.82 Å². The third kappa shape index (κ3) is 1.73. The smallest absolute Gasteiger partial charge is 0.150 e. The number of nitrogen functional groups attached to an aromatic ring is 1. The van der Waals surface area contributed by atoms with Crippen molar-refractivity contribution in [3.05, 3.63) is 11.3 Å². The summed E-state index contributed by atoms with van der Waals surface area (Å²) in [5.74, 6) is 0.806. The maximum absolute atomic E-state index is 9.09. The highest BCUT2D eigenvalue weighted by atomic mass is 35.5. The van der Waals surface area contributed by atoms with Crippen LogP contribution in [0.4, 0.5) is 11.6 Å². The maximum atomic E-state index is 9.09. The molecule has 0 unspecified atom stereocenters. The molecule has 1 fully saturated rings. The van der Waals surface area contributed by atoms with Crippen LogP contribution in [0.5, 0.6) is 0 Å². The Labute approximate surface area is 86.3 Å². The molecule has 0 atom stereocenters. The van der Waals surface area contributed by atoms with E-state index < -0.39 is 0 Å². The molecule has 1 heterocycles. The summed E-state index contributed by atoms with van der Waals surface area (Å²) in [7, 11) is 0. The number of nitrogens with one attached hydrogen (secondary N) is 1. The number of aromatic nitrogens is 2.